The smallest absolute Gasteiger partial charge is 0.129 e. The van der Waals surface area contributed by atoms with E-state index in [9.17, 15) is 4.39 Å². The molecular weight excluding hydrogens is 275 g/mol. The fourth-order valence-electron chi connectivity index (χ4n) is 3.16. The van der Waals surface area contributed by atoms with E-state index < -0.39 is 0 Å². The predicted octanol–water partition coefficient (Wildman–Crippen LogP) is 3.44. The van der Waals surface area contributed by atoms with Gasteiger partial charge in [-0.2, -0.15) is 0 Å². The second-order valence-electron chi connectivity index (χ2n) is 6.08. The van der Waals surface area contributed by atoms with Crippen molar-refractivity contribution >= 4 is 11.6 Å². The molecule has 1 saturated carbocycles. The second kappa shape index (κ2) is 6.00. The van der Waals surface area contributed by atoms with Crippen LogP contribution < -0.4 is 5.32 Å². The molecule has 1 aromatic carbocycles. The van der Waals surface area contributed by atoms with Gasteiger partial charge in [-0.1, -0.05) is 24.6 Å². The molecule has 1 saturated heterocycles. The molecule has 0 amide bonds. The van der Waals surface area contributed by atoms with Gasteiger partial charge in [-0.3, -0.25) is 4.90 Å². The Morgan fingerprint density at radius 3 is 2.85 bits per heavy atom. The van der Waals surface area contributed by atoms with Crippen LogP contribution in [0.3, 0.4) is 0 Å². The minimum atomic E-state index is -0.186. The summed E-state index contributed by atoms with van der Waals surface area (Å²) in [5.74, 6) is 0.652. The van der Waals surface area contributed by atoms with Gasteiger partial charge in [0.15, 0.2) is 0 Å². The highest BCUT2D eigenvalue weighted by atomic mass is 35.5. The normalized spacial score (nSPS) is 27.8. The van der Waals surface area contributed by atoms with Gasteiger partial charge in [-0.15, -0.1) is 0 Å². The number of nitrogens with zero attached hydrogens (tertiary/aromatic N) is 1. The summed E-state index contributed by atoms with van der Waals surface area (Å²) in [6.45, 7) is 4.94. The van der Waals surface area contributed by atoms with Crippen LogP contribution in [-0.4, -0.2) is 30.1 Å². The zero-order valence-corrected chi connectivity index (χ0v) is 12.7. The van der Waals surface area contributed by atoms with Crippen molar-refractivity contribution in [3.05, 3.63) is 34.6 Å². The second-order valence-corrected chi connectivity index (χ2v) is 6.52. The number of halogens is 2. The molecule has 0 aromatic heterocycles. The van der Waals surface area contributed by atoms with Crippen molar-refractivity contribution in [3.8, 4) is 0 Å². The van der Waals surface area contributed by atoms with Crippen molar-refractivity contribution in [2.24, 2.45) is 5.92 Å². The third kappa shape index (κ3) is 3.16. The minimum absolute atomic E-state index is 0.186. The van der Waals surface area contributed by atoms with Gasteiger partial charge in [0.05, 0.1) is 0 Å². The molecule has 1 aliphatic heterocycles. The lowest BCUT2D eigenvalue weighted by atomic mass is 10.0. The Morgan fingerprint density at radius 2 is 2.20 bits per heavy atom. The Balaban J connectivity index is 1.71. The monoisotopic (exact) mass is 296 g/mol. The molecule has 2 atom stereocenters. The molecule has 1 aliphatic carbocycles. The Hall–Kier alpha value is -0.640. The summed E-state index contributed by atoms with van der Waals surface area (Å²) < 4.78 is 14.0. The molecule has 0 bridgehead atoms. The van der Waals surface area contributed by atoms with Gasteiger partial charge in [-0.25, -0.2) is 4.39 Å². The van der Waals surface area contributed by atoms with Crippen LogP contribution in [0.1, 0.15) is 31.7 Å². The number of benzene rings is 1. The fraction of sp³-hybridized carbons (Fsp3) is 0.625. The van der Waals surface area contributed by atoms with Crippen LogP contribution >= 0.6 is 11.6 Å². The SMILES string of the molecule is CCC1CNC(C2CC2)CN1Cc1ccc(Cl)cc1F. The fourth-order valence-corrected chi connectivity index (χ4v) is 3.32. The average molecular weight is 297 g/mol. The van der Waals surface area contributed by atoms with Crippen LogP contribution in [0.2, 0.25) is 5.02 Å². The van der Waals surface area contributed by atoms with E-state index in [4.69, 9.17) is 11.6 Å². The van der Waals surface area contributed by atoms with E-state index in [0.717, 1.165) is 31.0 Å². The summed E-state index contributed by atoms with van der Waals surface area (Å²) in [6, 6.07) is 6.10. The number of nitrogens with one attached hydrogen (secondary N) is 1. The Kier molecular flexibility index (Phi) is 4.29. The molecule has 20 heavy (non-hydrogen) atoms. The van der Waals surface area contributed by atoms with Crippen LogP contribution in [0.4, 0.5) is 4.39 Å². The average Bonchev–Trinajstić information content (AvgIpc) is 3.26. The summed E-state index contributed by atoms with van der Waals surface area (Å²) in [5, 5.41) is 4.13. The zero-order valence-electron chi connectivity index (χ0n) is 11.9. The molecule has 2 fully saturated rings. The Labute approximate surface area is 125 Å². The van der Waals surface area contributed by atoms with E-state index in [1.165, 1.54) is 18.9 Å². The van der Waals surface area contributed by atoms with E-state index in [1.807, 2.05) is 6.07 Å². The highest BCUT2D eigenvalue weighted by Gasteiger charge is 2.36. The topological polar surface area (TPSA) is 15.3 Å². The Bertz CT molecular complexity index is 476. The van der Waals surface area contributed by atoms with Gasteiger partial charge in [-0.05, 0) is 37.3 Å². The van der Waals surface area contributed by atoms with Gasteiger partial charge in [0.25, 0.3) is 0 Å². The van der Waals surface area contributed by atoms with Crippen molar-refractivity contribution in [3.63, 3.8) is 0 Å². The predicted molar refractivity (Wildman–Crippen MR) is 80.4 cm³/mol. The summed E-state index contributed by atoms with van der Waals surface area (Å²) >= 11 is 5.83. The number of hydrogen-bond donors (Lipinski definition) is 1. The molecule has 2 nitrogen and oxygen atoms in total. The number of hydrogen-bond acceptors (Lipinski definition) is 2. The molecule has 2 aliphatic rings. The molecule has 1 heterocycles. The van der Waals surface area contributed by atoms with Crippen molar-refractivity contribution in [1.82, 2.24) is 10.2 Å². The maximum absolute atomic E-state index is 14.0. The molecule has 1 N–H and O–H groups in total. The maximum Gasteiger partial charge on any atom is 0.129 e. The van der Waals surface area contributed by atoms with Gasteiger partial charge >= 0.3 is 0 Å². The first-order valence-electron chi connectivity index (χ1n) is 7.58. The molecule has 0 spiro atoms. The third-order valence-electron chi connectivity index (χ3n) is 4.61. The zero-order chi connectivity index (χ0) is 14.1. The van der Waals surface area contributed by atoms with Crippen molar-refractivity contribution in [1.29, 1.82) is 0 Å². The van der Waals surface area contributed by atoms with Crippen LogP contribution in [-0.2, 0) is 6.54 Å². The van der Waals surface area contributed by atoms with E-state index in [2.05, 4.69) is 17.1 Å². The lowest BCUT2D eigenvalue weighted by Gasteiger charge is -2.40. The standard InChI is InChI=1S/C16H22ClFN2/c1-2-14-8-19-16(11-3-4-11)10-20(14)9-12-5-6-13(17)7-15(12)18/h5-7,11,14,16,19H,2-4,8-10H2,1H3. The van der Waals surface area contributed by atoms with Crippen LogP contribution in [0.5, 0.6) is 0 Å². The lowest BCUT2D eigenvalue weighted by Crippen LogP contribution is -2.56. The first kappa shape index (κ1) is 14.3. The van der Waals surface area contributed by atoms with E-state index in [-0.39, 0.29) is 5.82 Å². The molecule has 3 rings (SSSR count). The van der Waals surface area contributed by atoms with E-state index in [1.54, 1.807) is 6.07 Å². The molecular formula is C16H22ClFN2. The first-order chi connectivity index (χ1) is 9.67. The third-order valence-corrected chi connectivity index (χ3v) is 4.85. The minimum Gasteiger partial charge on any atom is -0.311 e. The van der Waals surface area contributed by atoms with Crippen LogP contribution in [0.15, 0.2) is 18.2 Å². The summed E-state index contributed by atoms with van der Waals surface area (Å²) in [4.78, 5) is 2.44. The van der Waals surface area contributed by atoms with Gasteiger partial charge in [0.1, 0.15) is 5.82 Å². The first-order valence-corrected chi connectivity index (χ1v) is 7.96. The van der Waals surface area contributed by atoms with Crippen molar-refractivity contribution in [2.45, 2.75) is 44.8 Å². The van der Waals surface area contributed by atoms with E-state index in [0.29, 0.717) is 23.7 Å². The molecule has 110 valence electrons. The van der Waals surface area contributed by atoms with Gasteiger partial charge in [0, 0.05) is 42.3 Å². The molecule has 4 heteroatoms. The quantitative estimate of drug-likeness (QED) is 0.915. The van der Waals surface area contributed by atoms with E-state index >= 15 is 0 Å². The van der Waals surface area contributed by atoms with Crippen molar-refractivity contribution in [2.75, 3.05) is 13.1 Å². The lowest BCUT2D eigenvalue weighted by molar-refractivity contribution is 0.110. The summed E-state index contributed by atoms with van der Waals surface area (Å²) in [6.07, 6.45) is 3.79. The highest BCUT2D eigenvalue weighted by molar-refractivity contribution is 6.30. The maximum atomic E-state index is 14.0. The molecule has 1 aromatic rings. The van der Waals surface area contributed by atoms with Crippen LogP contribution in [0, 0.1) is 11.7 Å². The molecule has 2 unspecified atom stereocenters. The molecule has 0 radical (unpaired) electrons. The summed E-state index contributed by atoms with van der Waals surface area (Å²) in [7, 11) is 0. The van der Waals surface area contributed by atoms with Gasteiger partial charge in [0.2, 0.25) is 0 Å². The number of piperazine rings is 1. The van der Waals surface area contributed by atoms with Gasteiger partial charge < -0.3 is 5.32 Å². The van der Waals surface area contributed by atoms with Crippen molar-refractivity contribution < 1.29 is 4.39 Å². The number of rotatable bonds is 4. The van der Waals surface area contributed by atoms with Crippen LogP contribution in [0.25, 0.3) is 0 Å². The largest absolute Gasteiger partial charge is 0.311 e. The Morgan fingerprint density at radius 1 is 1.40 bits per heavy atom. The summed E-state index contributed by atoms with van der Waals surface area (Å²) in [5.41, 5.74) is 0.754. The highest BCUT2D eigenvalue weighted by Crippen LogP contribution is 2.34.